The van der Waals surface area contributed by atoms with E-state index in [0.717, 1.165) is 51.4 Å². The molecule has 3 rings (SSSR count). The Morgan fingerprint density at radius 3 is 1.77 bits per heavy atom. The maximum atomic E-state index is 11.6. The molecule has 0 spiro atoms. The van der Waals surface area contributed by atoms with E-state index in [1.54, 1.807) is 0 Å². The number of hydrogen-bond donors (Lipinski definition) is 1. The lowest BCUT2D eigenvalue weighted by molar-refractivity contribution is -0.121. The lowest BCUT2D eigenvalue weighted by atomic mass is 9.64. The number of hydrogen-bond acceptors (Lipinski definition) is 2. The van der Waals surface area contributed by atoms with Crippen LogP contribution >= 0.6 is 0 Å². The molecule has 2 nitrogen and oxygen atoms in total. The number of Topliss-reactive ketones (excluding diaryl/α,β-unsaturated/α-hetero) is 1. The van der Waals surface area contributed by atoms with Gasteiger partial charge in [0.05, 0.1) is 6.10 Å². The molecule has 0 heterocycles. The van der Waals surface area contributed by atoms with E-state index in [1.807, 2.05) is 0 Å². The Bertz CT molecular complexity index is 625. The summed E-state index contributed by atoms with van der Waals surface area (Å²) in [6.07, 6.45) is 7.58. The Labute approximate surface area is 159 Å². The number of aliphatic hydroxyl groups excluding tert-OH is 1. The first kappa shape index (κ1) is 19.6. The van der Waals surface area contributed by atoms with Crippen LogP contribution in [0.5, 0.6) is 0 Å². The maximum absolute atomic E-state index is 11.6. The van der Waals surface area contributed by atoms with Crippen LogP contribution in [0, 0.1) is 11.8 Å². The van der Waals surface area contributed by atoms with Gasteiger partial charge in [0.1, 0.15) is 5.78 Å². The van der Waals surface area contributed by atoms with Crippen LogP contribution in [0.4, 0.5) is 0 Å². The van der Waals surface area contributed by atoms with Crippen molar-refractivity contribution >= 4 is 5.78 Å². The summed E-state index contributed by atoms with van der Waals surface area (Å²) in [6.45, 7) is 9.47. The molecule has 2 aliphatic rings. The first-order valence-corrected chi connectivity index (χ1v) is 10.5. The minimum Gasteiger partial charge on any atom is -0.393 e. The first-order chi connectivity index (χ1) is 12.2. The van der Waals surface area contributed by atoms with Crippen molar-refractivity contribution < 1.29 is 9.90 Å². The molecule has 2 saturated carbocycles. The lowest BCUT2D eigenvalue weighted by Crippen LogP contribution is -2.35. The predicted octanol–water partition coefficient (Wildman–Crippen LogP) is 5.55. The van der Waals surface area contributed by atoms with Gasteiger partial charge in [0.15, 0.2) is 0 Å². The van der Waals surface area contributed by atoms with Gasteiger partial charge in [-0.1, -0.05) is 52.0 Å². The molecule has 26 heavy (non-hydrogen) atoms. The zero-order valence-electron chi connectivity index (χ0n) is 17.1. The second kappa shape index (κ2) is 7.46. The summed E-state index contributed by atoms with van der Waals surface area (Å²) in [5.41, 5.74) is 3.08. The van der Waals surface area contributed by atoms with E-state index in [2.05, 4.69) is 52.0 Å². The summed E-state index contributed by atoms with van der Waals surface area (Å²) in [5.74, 6) is 1.66. The molecule has 0 aliphatic heterocycles. The maximum Gasteiger partial charge on any atom is 0.132 e. The second-order valence-electron chi connectivity index (χ2n) is 9.84. The van der Waals surface area contributed by atoms with Crippen LogP contribution in [0.3, 0.4) is 0 Å². The van der Waals surface area contributed by atoms with E-state index in [-0.39, 0.29) is 16.9 Å². The van der Waals surface area contributed by atoms with Crippen molar-refractivity contribution in [2.75, 3.05) is 0 Å². The molecule has 1 aromatic carbocycles. The Morgan fingerprint density at radius 1 is 0.808 bits per heavy atom. The van der Waals surface area contributed by atoms with Crippen molar-refractivity contribution in [1.29, 1.82) is 0 Å². The minimum absolute atomic E-state index is 0.0960. The van der Waals surface area contributed by atoms with Gasteiger partial charge in [-0.15, -0.1) is 0 Å². The van der Waals surface area contributed by atoms with Crippen LogP contribution in [-0.4, -0.2) is 17.0 Å². The fraction of sp³-hybridized carbons (Fsp3) is 0.708. The molecule has 2 aliphatic carbocycles. The average molecular weight is 357 g/mol. The zero-order valence-corrected chi connectivity index (χ0v) is 17.1. The highest BCUT2D eigenvalue weighted by molar-refractivity contribution is 5.79. The van der Waals surface area contributed by atoms with Crippen LogP contribution in [-0.2, 0) is 15.6 Å². The molecule has 0 aromatic heterocycles. The third-order valence-corrected chi connectivity index (χ3v) is 7.63. The number of benzene rings is 1. The summed E-state index contributed by atoms with van der Waals surface area (Å²) >= 11 is 0. The molecule has 0 unspecified atom stereocenters. The summed E-state index contributed by atoms with van der Waals surface area (Å²) in [4.78, 5) is 11.6. The van der Waals surface area contributed by atoms with Crippen LogP contribution in [0.15, 0.2) is 24.3 Å². The van der Waals surface area contributed by atoms with Crippen molar-refractivity contribution in [1.82, 2.24) is 0 Å². The highest BCUT2D eigenvalue weighted by Crippen LogP contribution is 2.44. The average Bonchev–Trinajstić information content (AvgIpc) is 2.62. The van der Waals surface area contributed by atoms with Gasteiger partial charge in [-0.05, 0) is 72.3 Å². The van der Waals surface area contributed by atoms with Gasteiger partial charge in [0.25, 0.3) is 0 Å². The number of rotatable bonds is 4. The molecule has 0 atom stereocenters. The molecule has 1 N–H and O–H groups in total. The SMILES string of the molecule is CC(C)(c1cccc(C(C)(C)C2CCC(O)CC2)c1)C1CCC(=O)CC1. The smallest absolute Gasteiger partial charge is 0.132 e. The van der Waals surface area contributed by atoms with E-state index in [0.29, 0.717) is 17.6 Å². The van der Waals surface area contributed by atoms with Gasteiger partial charge in [0.2, 0.25) is 0 Å². The summed E-state index contributed by atoms with van der Waals surface area (Å²) in [7, 11) is 0. The number of carbonyl (C=O) groups excluding carboxylic acids is 1. The third kappa shape index (κ3) is 3.91. The lowest BCUT2D eigenvalue weighted by Gasteiger charge is -2.41. The summed E-state index contributed by atoms with van der Waals surface area (Å²) in [5, 5.41) is 9.85. The fourth-order valence-electron chi connectivity index (χ4n) is 5.25. The van der Waals surface area contributed by atoms with Crippen molar-refractivity contribution in [3.63, 3.8) is 0 Å². The summed E-state index contributed by atoms with van der Waals surface area (Å²) in [6, 6.07) is 9.22. The van der Waals surface area contributed by atoms with E-state index in [1.165, 1.54) is 11.1 Å². The standard InChI is InChI=1S/C24H36O2/c1-23(2,17-8-12-21(25)13-9-17)19-6-5-7-20(16-19)24(3,4)18-10-14-22(26)15-11-18/h5-7,16-18,21,25H,8-15H2,1-4H3. The van der Waals surface area contributed by atoms with Gasteiger partial charge in [-0.2, -0.15) is 0 Å². The molecule has 144 valence electrons. The van der Waals surface area contributed by atoms with E-state index < -0.39 is 0 Å². The Hall–Kier alpha value is -1.15. The number of ketones is 1. The van der Waals surface area contributed by atoms with Gasteiger partial charge in [0, 0.05) is 12.8 Å². The molecule has 2 heteroatoms. The van der Waals surface area contributed by atoms with E-state index in [9.17, 15) is 9.90 Å². The van der Waals surface area contributed by atoms with Crippen LogP contribution < -0.4 is 0 Å². The van der Waals surface area contributed by atoms with Gasteiger partial charge in [-0.25, -0.2) is 0 Å². The molecule has 1 aromatic rings. The largest absolute Gasteiger partial charge is 0.393 e. The first-order valence-electron chi connectivity index (χ1n) is 10.5. The Balaban J connectivity index is 1.82. The summed E-state index contributed by atoms with van der Waals surface area (Å²) < 4.78 is 0. The van der Waals surface area contributed by atoms with Crippen LogP contribution in [0.25, 0.3) is 0 Å². The van der Waals surface area contributed by atoms with Crippen LogP contribution in [0.2, 0.25) is 0 Å². The molecular formula is C24H36O2. The molecular weight excluding hydrogens is 320 g/mol. The normalized spacial score (nSPS) is 26.1. The number of carbonyl (C=O) groups is 1. The second-order valence-corrected chi connectivity index (χ2v) is 9.84. The molecule has 2 fully saturated rings. The van der Waals surface area contributed by atoms with Crippen molar-refractivity contribution in [3.05, 3.63) is 35.4 Å². The van der Waals surface area contributed by atoms with Crippen molar-refractivity contribution in [2.24, 2.45) is 11.8 Å². The monoisotopic (exact) mass is 356 g/mol. The van der Waals surface area contributed by atoms with Crippen LogP contribution in [0.1, 0.15) is 90.2 Å². The van der Waals surface area contributed by atoms with Crippen molar-refractivity contribution in [2.45, 2.75) is 96.0 Å². The van der Waals surface area contributed by atoms with Gasteiger partial charge in [-0.3, -0.25) is 4.79 Å². The third-order valence-electron chi connectivity index (χ3n) is 7.63. The quantitative estimate of drug-likeness (QED) is 0.767. The van der Waals surface area contributed by atoms with E-state index >= 15 is 0 Å². The van der Waals surface area contributed by atoms with Gasteiger partial charge < -0.3 is 5.11 Å². The fourth-order valence-corrected chi connectivity index (χ4v) is 5.25. The van der Waals surface area contributed by atoms with Gasteiger partial charge >= 0.3 is 0 Å². The molecule has 0 saturated heterocycles. The highest BCUT2D eigenvalue weighted by atomic mass is 16.3. The highest BCUT2D eigenvalue weighted by Gasteiger charge is 2.37. The number of aliphatic hydroxyl groups is 1. The zero-order chi connectivity index (χ0) is 18.9. The minimum atomic E-state index is -0.0960. The molecule has 0 bridgehead atoms. The van der Waals surface area contributed by atoms with E-state index in [4.69, 9.17) is 0 Å². The molecule has 0 amide bonds. The van der Waals surface area contributed by atoms with Crippen molar-refractivity contribution in [3.8, 4) is 0 Å². The predicted molar refractivity (Wildman–Crippen MR) is 107 cm³/mol. The Morgan fingerprint density at radius 2 is 1.27 bits per heavy atom. The molecule has 0 radical (unpaired) electrons. The topological polar surface area (TPSA) is 37.3 Å². The Kier molecular flexibility index (Phi) is 5.63.